The lowest BCUT2D eigenvalue weighted by Crippen LogP contribution is -2.37. The third-order valence-corrected chi connectivity index (χ3v) is 3.62. The second kappa shape index (κ2) is 7.14. The van der Waals surface area contributed by atoms with Crippen LogP contribution >= 0.6 is 0 Å². The highest BCUT2D eigenvalue weighted by Gasteiger charge is 2.25. The summed E-state index contributed by atoms with van der Waals surface area (Å²) >= 11 is 0. The molecule has 4 heteroatoms. The Morgan fingerprint density at radius 2 is 1.89 bits per heavy atom. The van der Waals surface area contributed by atoms with E-state index in [-0.39, 0.29) is 5.92 Å². The number of carbonyl (C=O) groups is 1. The second-order valence-corrected chi connectivity index (χ2v) is 5.00. The van der Waals surface area contributed by atoms with Gasteiger partial charge >= 0.3 is 5.97 Å². The van der Waals surface area contributed by atoms with Crippen LogP contribution in [0.25, 0.3) is 0 Å². The number of nitrogens with one attached hydrogen (secondary N) is 1. The molecule has 0 aliphatic heterocycles. The molecule has 0 spiro atoms. The number of hydrogen-bond donors (Lipinski definition) is 2. The van der Waals surface area contributed by atoms with Crippen LogP contribution in [0.15, 0.2) is 30.3 Å². The standard InChI is InChI=1S/C15H21NO3/c17-15(18)12-6-8-13(9-7-12)16-10-11-19-14-4-2-1-3-5-14/h1-5,12-13,16H,6-11H2,(H,17,18). The molecule has 1 fully saturated rings. The van der Waals surface area contributed by atoms with Crippen molar-refractivity contribution in [2.45, 2.75) is 31.7 Å². The molecule has 1 aliphatic carbocycles. The lowest BCUT2D eigenvalue weighted by Gasteiger charge is -2.26. The van der Waals surface area contributed by atoms with Crippen LogP contribution in [0.3, 0.4) is 0 Å². The first-order valence-electron chi connectivity index (χ1n) is 6.90. The summed E-state index contributed by atoms with van der Waals surface area (Å²) < 4.78 is 5.60. The summed E-state index contributed by atoms with van der Waals surface area (Å²) in [6, 6.07) is 10.2. The van der Waals surface area contributed by atoms with Crippen molar-refractivity contribution in [1.29, 1.82) is 0 Å². The zero-order valence-corrected chi connectivity index (χ0v) is 11.0. The number of aliphatic carboxylic acids is 1. The van der Waals surface area contributed by atoms with Gasteiger partial charge in [0.15, 0.2) is 0 Å². The average Bonchev–Trinajstić information content (AvgIpc) is 2.45. The quantitative estimate of drug-likeness (QED) is 0.773. The molecule has 2 rings (SSSR count). The van der Waals surface area contributed by atoms with Gasteiger partial charge in [0.2, 0.25) is 0 Å². The molecule has 0 atom stereocenters. The van der Waals surface area contributed by atoms with Crippen molar-refractivity contribution in [3.8, 4) is 5.75 Å². The van der Waals surface area contributed by atoms with Crippen LogP contribution in [0.4, 0.5) is 0 Å². The fourth-order valence-electron chi connectivity index (χ4n) is 2.49. The molecule has 0 radical (unpaired) electrons. The molecule has 0 aromatic heterocycles. The summed E-state index contributed by atoms with van der Waals surface area (Å²) in [6.07, 6.45) is 3.46. The van der Waals surface area contributed by atoms with Gasteiger partial charge in [-0.2, -0.15) is 0 Å². The van der Waals surface area contributed by atoms with E-state index < -0.39 is 5.97 Å². The Kier molecular flexibility index (Phi) is 5.21. The summed E-state index contributed by atoms with van der Waals surface area (Å²) in [5.74, 6) is 0.100. The van der Waals surface area contributed by atoms with Crippen molar-refractivity contribution in [1.82, 2.24) is 5.32 Å². The Labute approximate surface area is 113 Å². The molecule has 0 bridgehead atoms. The first-order chi connectivity index (χ1) is 9.25. The minimum Gasteiger partial charge on any atom is -0.492 e. The van der Waals surface area contributed by atoms with Crippen LogP contribution in [0.2, 0.25) is 0 Å². The molecule has 1 aromatic carbocycles. The SMILES string of the molecule is O=C(O)C1CCC(NCCOc2ccccc2)CC1. The maximum absolute atomic E-state index is 10.8. The zero-order valence-electron chi connectivity index (χ0n) is 11.0. The third-order valence-electron chi connectivity index (χ3n) is 3.62. The van der Waals surface area contributed by atoms with Gasteiger partial charge in [0.1, 0.15) is 12.4 Å². The molecular weight excluding hydrogens is 242 g/mol. The van der Waals surface area contributed by atoms with Crippen LogP contribution in [-0.4, -0.2) is 30.3 Å². The van der Waals surface area contributed by atoms with Crippen LogP contribution in [0.1, 0.15) is 25.7 Å². The predicted octanol–water partition coefficient (Wildman–Crippen LogP) is 2.30. The number of para-hydroxylation sites is 1. The van der Waals surface area contributed by atoms with Crippen molar-refractivity contribution in [2.24, 2.45) is 5.92 Å². The summed E-state index contributed by atoms with van der Waals surface area (Å²) in [5.41, 5.74) is 0. The smallest absolute Gasteiger partial charge is 0.306 e. The molecule has 1 aromatic rings. The minimum atomic E-state index is -0.647. The van der Waals surface area contributed by atoms with Gasteiger partial charge < -0.3 is 15.2 Å². The van der Waals surface area contributed by atoms with Gasteiger partial charge in [0.05, 0.1) is 5.92 Å². The van der Waals surface area contributed by atoms with Crippen LogP contribution in [-0.2, 0) is 4.79 Å². The summed E-state index contributed by atoms with van der Waals surface area (Å²) in [4.78, 5) is 10.8. The van der Waals surface area contributed by atoms with Gasteiger partial charge in [-0.3, -0.25) is 4.79 Å². The molecule has 4 nitrogen and oxygen atoms in total. The maximum Gasteiger partial charge on any atom is 0.306 e. The number of rotatable bonds is 6. The Bertz CT molecular complexity index is 386. The fraction of sp³-hybridized carbons (Fsp3) is 0.533. The van der Waals surface area contributed by atoms with E-state index in [2.05, 4.69) is 5.32 Å². The molecule has 0 amide bonds. The van der Waals surface area contributed by atoms with E-state index in [1.165, 1.54) is 0 Å². The van der Waals surface area contributed by atoms with E-state index in [0.29, 0.717) is 12.6 Å². The van der Waals surface area contributed by atoms with Gasteiger partial charge in [0.25, 0.3) is 0 Å². The van der Waals surface area contributed by atoms with Crippen molar-refractivity contribution < 1.29 is 14.6 Å². The first-order valence-corrected chi connectivity index (χ1v) is 6.90. The molecule has 19 heavy (non-hydrogen) atoms. The Hall–Kier alpha value is -1.55. The molecule has 0 heterocycles. The Balaban J connectivity index is 1.58. The fourth-order valence-corrected chi connectivity index (χ4v) is 2.49. The zero-order chi connectivity index (χ0) is 13.5. The van der Waals surface area contributed by atoms with Gasteiger partial charge in [-0.15, -0.1) is 0 Å². The molecule has 0 saturated heterocycles. The van der Waals surface area contributed by atoms with E-state index in [4.69, 9.17) is 9.84 Å². The van der Waals surface area contributed by atoms with Crippen molar-refractivity contribution in [2.75, 3.05) is 13.2 Å². The van der Waals surface area contributed by atoms with Crippen molar-refractivity contribution in [3.05, 3.63) is 30.3 Å². The van der Waals surface area contributed by atoms with Gasteiger partial charge in [-0.25, -0.2) is 0 Å². The average molecular weight is 263 g/mol. The predicted molar refractivity (Wildman–Crippen MR) is 73.3 cm³/mol. The van der Waals surface area contributed by atoms with Crippen LogP contribution in [0.5, 0.6) is 5.75 Å². The van der Waals surface area contributed by atoms with Gasteiger partial charge in [-0.05, 0) is 37.8 Å². The van der Waals surface area contributed by atoms with Gasteiger partial charge in [0, 0.05) is 12.6 Å². The normalized spacial score (nSPS) is 22.9. The Morgan fingerprint density at radius 1 is 1.21 bits per heavy atom. The monoisotopic (exact) mass is 263 g/mol. The second-order valence-electron chi connectivity index (χ2n) is 5.00. The van der Waals surface area contributed by atoms with E-state index in [9.17, 15) is 4.79 Å². The first kappa shape index (κ1) is 13.9. The highest BCUT2D eigenvalue weighted by Crippen LogP contribution is 2.24. The van der Waals surface area contributed by atoms with Crippen LogP contribution in [0, 0.1) is 5.92 Å². The number of carboxylic acid groups (broad SMARTS) is 1. The minimum absolute atomic E-state index is 0.140. The lowest BCUT2D eigenvalue weighted by molar-refractivity contribution is -0.142. The highest BCUT2D eigenvalue weighted by molar-refractivity contribution is 5.70. The molecule has 1 aliphatic rings. The lowest BCUT2D eigenvalue weighted by atomic mass is 9.86. The van der Waals surface area contributed by atoms with Crippen molar-refractivity contribution >= 4 is 5.97 Å². The van der Waals surface area contributed by atoms with Crippen LogP contribution < -0.4 is 10.1 Å². The number of ether oxygens (including phenoxy) is 1. The maximum atomic E-state index is 10.8. The van der Waals surface area contributed by atoms with Gasteiger partial charge in [-0.1, -0.05) is 18.2 Å². The number of hydrogen-bond acceptors (Lipinski definition) is 3. The largest absolute Gasteiger partial charge is 0.492 e. The van der Waals surface area contributed by atoms with Crippen molar-refractivity contribution in [3.63, 3.8) is 0 Å². The Morgan fingerprint density at radius 3 is 2.53 bits per heavy atom. The topological polar surface area (TPSA) is 58.6 Å². The molecular formula is C15H21NO3. The summed E-state index contributed by atoms with van der Waals surface area (Å²) in [7, 11) is 0. The molecule has 1 saturated carbocycles. The number of carboxylic acids is 1. The summed E-state index contributed by atoms with van der Waals surface area (Å²) in [6.45, 7) is 1.44. The highest BCUT2D eigenvalue weighted by atomic mass is 16.5. The molecule has 0 unspecified atom stereocenters. The molecule has 2 N–H and O–H groups in total. The van der Waals surface area contributed by atoms with E-state index >= 15 is 0 Å². The third kappa shape index (κ3) is 4.56. The van der Waals surface area contributed by atoms with E-state index in [1.54, 1.807) is 0 Å². The van der Waals surface area contributed by atoms with E-state index in [1.807, 2.05) is 30.3 Å². The summed E-state index contributed by atoms with van der Waals surface area (Å²) in [5, 5.41) is 12.4. The molecule has 104 valence electrons. The van der Waals surface area contributed by atoms with E-state index in [0.717, 1.165) is 38.0 Å². The number of benzene rings is 1.